The molecule has 1 aliphatic heterocycles. The molecule has 1 unspecified atom stereocenters. The van der Waals surface area contributed by atoms with Gasteiger partial charge in [0.1, 0.15) is 19.4 Å². The van der Waals surface area contributed by atoms with Crippen molar-refractivity contribution in [2.45, 2.75) is 0 Å². The molecule has 0 spiro atoms. The largest absolute Gasteiger partial charge is 0.507 e. The van der Waals surface area contributed by atoms with Gasteiger partial charge in [0, 0.05) is 12.4 Å². The Labute approximate surface area is 123 Å². The van der Waals surface area contributed by atoms with Crippen LogP contribution in [0, 0.1) is 5.92 Å². The van der Waals surface area contributed by atoms with Gasteiger partial charge in [-0.25, -0.2) is 9.99 Å². The van der Waals surface area contributed by atoms with Crippen LogP contribution in [0.15, 0.2) is 47.7 Å². The molecule has 0 saturated carbocycles. The maximum absolute atomic E-state index is 12.5. The van der Waals surface area contributed by atoms with Crippen LogP contribution in [0.25, 0.3) is 0 Å². The first-order valence-electron chi connectivity index (χ1n) is 6.71. The van der Waals surface area contributed by atoms with Gasteiger partial charge < -0.3 is 5.11 Å². The molecule has 2 aromatic rings. The SMILES string of the molecule is Bc1ccc(O)c(C(=O)C2C=NN(c3ccccn3)C2)c1. The lowest BCUT2D eigenvalue weighted by atomic mass is 9.90. The fourth-order valence-electron chi connectivity index (χ4n) is 2.30. The Kier molecular flexibility index (Phi) is 3.44. The molecule has 1 N–H and O–H groups in total. The van der Waals surface area contributed by atoms with E-state index in [-0.39, 0.29) is 17.5 Å². The van der Waals surface area contributed by atoms with E-state index in [2.05, 4.69) is 10.1 Å². The first-order chi connectivity index (χ1) is 10.1. The number of rotatable bonds is 3. The second-order valence-electron chi connectivity index (χ2n) is 5.03. The molecule has 1 aliphatic rings. The van der Waals surface area contributed by atoms with Crippen molar-refractivity contribution < 1.29 is 9.90 Å². The number of aromatic nitrogens is 1. The Morgan fingerprint density at radius 1 is 1.33 bits per heavy atom. The van der Waals surface area contributed by atoms with Crippen LogP contribution in [-0.2, 0) is 0 Å². The van der Waals surface area contributed by atoms with E-state index in [9.17, 15) is 9.90 Å². The summed E-state index contributed by atoms with van der Waals surface area (Å²) in [6, 6.07) is 10.6. The average Bonchev–Trinajstić information content (AvgIpc) is 3.00. The zero-order valence-corrected chi connectivity index (χ0v) is 11.6. The fraction of sp³-hybridized carbons (Fsp3) is 0.133. The van der Waals surface area contributed by atoms with Crippen molar-refractivity contribution in [1.29, 1.82) is 0 Å². The summed E-state index contributed by atoms with van der Waals surface area (Å²) in [7, 11) is 1.89. The van der Waals surface area contributed by atoms with E-state index < -0.39 is 0 Å². The molecular formula is C15H14BN3O2. The first kappa shape index (κ1) is 13.4. The first-order valence-corrected chi connectivity index (χ1v) is 6.71. The monoisotopic (exact) mass is 279 g/mol. The third-order valence-corrected chi connectivity index (χ3v) is 3.42. The van der Waals surface area contributed by atoms with E-state index in [1.165, 1.54) is 0 Å². The number of Topliss-reactive ketones (excluding diaryl/α,β-unsaturated/α-hetero) is 1. The fourth-order valence-corrected chi connectivity index (χ4v) is 2.30. The summed E-state index contributed by atoms with van der Waals surface area (Å²) in [5, 5.41) is 15.8. The molecule has 104 valence electrons. The molecule has 0 fully saturated rings. The van der Waals surface area contributed by atoms with Crippen molar-refractivity contribution in [3.05, 3.63) is 48.2 Å². The van der Waals surface area contributed by atoms with Crippen LogP contribution in [0.3, 0.4) is 0 Å². The predicted molar refractivity (Wildman–Crippen MR) is 84.2 cm³/mol. The standard InChI is InChI=1S/C15H14BN3O2/c16-11-4-5-13(20)12(7-11)15(21)10-8-18-19(9-10)14-3-1-2-6-17-14/h1-8,10,20H,9,16H2. The number of phenolic OH excluding ortho intramolecular Hbond substituents is 1. The third-order valence-electron chi connectivity index (χ3n) is 3.42. The number of hydrogen-bond donors (Lipinski definition) is 1. The van der Waals surface area contributed by atoms with Crippen molar-refractivity contribution >= 4 is 31.1 Å². The van der Waals surface area contributed by atoms with Crippen molar-refractivity contribution in [2.24, 2.45) is 11.0 Å². The van der Waals surface area contributed by atoms with Crippen LogP contribution in [0.2, 0.25) is 0 Å². The third kappa shape index (κ3) is 2.65. The lowest BCUT2D eigenvalue weighted by Crippen LogP contribution is -2.25. The number of hydrogen-bond acceptors (Lipinski definition) is 5. The highest BCUT2D eigenvalue weighted by Gasteiger charge is 2.28. The molecule has 0 saturated heterocycles. The molecule has 6 heteroatoms. The number of hydrazone groups is 1. The van der Waals surface area contributed by atoms with E-state index in [0.717, 1.165) is 5.46 Å². The lowest BCUT2D eigenvalue weighted by Gasteiger charge is -2.14. The quantitative estimate of drug-likeness (QED) is 0.650. The highest BCUT2D eigenvalue weighted by atomic mass is 16.3. The van der Waals surface area contributed by atoms with Gasteiger partial charge in [0.2, 0.25) is 0 Å². The number of carbonyl (C=O) groups excluding carboxylic acids is 1. The minimum absolute atomic E-state index is 0.00952. The molecular weight excluding hydrogens is 265 g/mol. The second-order valence-corrected chi connectivity index (χ2v) is 5.03. The van der Waals surface area contributed by atoms with Gasteiger partial charge in [0.25, 0.3) is 0 Å². The number of pyridine rings is 1. The molecule has 5 nitrogen and oxygen atoms in total. The molecule has 1 aromatic heterocycles. The van der Waals surface area contributed by atoms with Gasteiger partial charge in [0.15, 0.2) is 5.78 Å². The Balaban J connectivity index is 1.79. The van der Waals surface area contributed by atoms with Gasteiger partial charge in [0.05, 0.1) is 18.0 Å². The van der Waals surface area contributed by atoms with E-state index in [1.54, 1.807) is 35.6 Å². The number of nitrogens with zero attached hydrogens (tertiary/aromatic N) is 3. The van der Waals surface area contributed by atoms with Crippen molar-refractivity contribution in [3.8, 4) is 5.75 Å². The highest BCUT2D eigenvalue weighted by Crippen LogP contribution is 2.23. The van der Waals surface area contributed by atoms with E-state index in [0.29, 0.717) is 17.9 Å². The molecule has 0 aliphatic carbocycles. The van der Waals surface area contributed by atoms with Crippen LogP contribution in [0.4, 0.5) is 5.82 Å². The Morgan fingerprint density at radius 3 is 2.95 bits per heavy atom. The maximum atomic E-state index is 12.5. The number of phenols is 1. The predicted octanol–water partition coefficient (Wildman–Crippen LogP) is 0.350. The van der Waals surface area contributed by atoms with Gasteiger partial charge in [-0.2, -0.15) is 5.10 Å². The number of aromatic hydroxyl groups is 1. The normalized spacial score (nSPS) is 17.1. The van der Waals surface area contributed by atoms with Crippen LogP contribution in [0.5, 0.6) is 5.75 Å². The van der Waals surface area contributed by atoms with E-state index in [1.807, 2.05) is 26.0 Å². The summed E-state index contributed by atoms with van der Waals surface area (Å²) in [5.74, 6) is 0.214. The zero-order chi connectivity index (χ0) is 14.8. The van der Waals surface area contributed by atoms with Gasteiger partial charge in [-0.15, -0.1) is 0 Å². The van der Waals surface area contributed by atoms with E-state index >= 15 is 0 Å². The zero-order valence-electron chi connectivity index (χ0n) is 11.6. The number of ketones is 1. The molecule has 3 rings (SSSR count). The highest BCUT2D eigenvalue weighted by molar-refractivity contribution is 6.33. The van der Waals surface area contributed by atoms with Gasteiger partial charge in [-0.05, 0) is 18.2 Å². The number of anilines is 1. The van der Waals surface area contributed by atoms with Crippen molar-refractivity contribution in [1.82, 2.24) is 4.98 Å². The Bertz CT molecular complexity index is 703. The summed E-state index contributed by atoms with van der Waals surface area (Å²) >= 11 is 0. The summed E-state index contributed by atoms with van der Waals surface area (Å²) < 4.78 is 0. The minimum atomic E-state index is -0.375. The molecule has 0 bridgehead atoms. The molecule has 1 atom stereocenters. The number of carbonyl (C=O) groups is 1. The molecule has 21 heavy (non-hydrogen) atoms. The Hall–Kier alpha value is -2.63. The summed E-state index contributed by atoms with van der Waals surface area (Å²) in [4.78, 5) is 16.7. The molecule has 0 radical (unpaired) electrons. The summed E-state index contributed by atoms with van der Waals surface area (Å²) in [6.45, 7) is 0.434. The van der Waals surface area contributed by atoms with Crippen LogP contribution in [-0.4, -0.2) is 36.5 Å². The Morgan fingerprint density at radius 2 is 2.19 bits per heavy atom. The molecule has 1 aromatic carbocycles. The minimum Gasteiger partial charge on any atom is -0.507 e. The molecule has 0 amide bonds. The smallest absolute Gasteiger partial charge is 0.176 e. The second kappa shape index (κ2) is 5.40. The summed E-state index contributed by atoms with van der Waals surface area (Å²) in [6.07, 6.45) is 3.30. The number of benzene rings is 1. The van der Waals surface area contributed by atoms with Crippen molar-refractivity contribution in [2.75, 3.05) is 11.6 Å². The lowest BCUT2D eigenvalue weighted by molar-refractivity contribution is 0.0959. The average molecular weight is 279 g/mol. The maximum Gasteiger partial charge on any atom is 0.176 e. The van der Waals surface area contributed by atoms with Crippen molar-refractivity contribution in [3.63, 3.8) is 0 Å². The van der Waals surface area contributed by atoms with Gasteiger partial charge in [-0.1, -0.05) is 23.7 Å². The topological polar surface area (TPSA) is 65.8 Å². The summed E-state index contributed by atoms with van der Waals surface area (Å²) in [5.41, 5.74) is 1.28. The van der Waals surface area contributed by atoms with Gasteiger partial charge in [-0.3, -0.25) is 4.79 Å². The van der Waals surface area contributed by atoms with Crippen LogP contribution in [0.1, 0.15) is 10.4 Å². The molecule has 2 heterocycles. The van der Waals surface area contributed by atoms with E-state index in [4.69, 9.17) is 0 Å². The van der Waals surface area contributed by atoms with Crippen LogP contribution >= 0.6 is 0 Å². The van der Waals surface area contributed by atoms with Gasteiger partial charge >= 0.3 is 0 Å². The van der Waals surface area contributed by atoms with Crippen LogP contribution < -0.4 is 10.5 Å².